The Morgan fingerprint density at radius 2 is 1.89 bits per heavy atom. The van der Waals surface area contributed by atoms with Crippen molar-refractivity contribution in [1.29, 1.82) is 0 Å². The van der Waals surface area contributed by atoms with Crippen LogP contribution in [0.4, 0.5) is 0 Å². The molecule has 0 radical (unpaired) electrons. The van der Waals surface area contributed by atoms with Gasteiger partial charge in [0, 0.05) is 6.04 Å². The highest BCUT2D eigenvalue weighted by Gasteiger charge is 2.57. The molecule has 0 aromatic heterocycles. The van der Waals surface area contributed by atoms with E-state index in [-0.39, 0.29) is 29.1 Å². The van der Waals surface area contributed by atoms with Crippen molar-refractivity contribution in [3.8, 4) is 0 Å². The first-order valence-electron chi connectivity index (χ1n) is 9.95. The number of rotatable bonds is 7. The molecule has 7 heteroatoms. The first kappa shape index (κ1) is 21.9. The zero-order valence-corrected chi connectivity index (χ0v) is 18.5. The Labute approximate surface area is 170 Å². The van der Waals surface area contributed by atoms with E-state index in [1.165, 1.54) is 0 Å². The van der Waals surface area contributed by atoms with Crippen LogP contribution in [0.5, 0.6) is 0 Å². The standard InChI is InChI=1S/C21H33NO5S/c1-7-15(22-28(23)20(2,3)4)16-17(24-13-14-11-9-8-10-12-14)18-19(25-16)27-21(5,6)26-18/h8-12,15-19,22H,7,13H2,1-6H3/t15-,16-,17+,18-,19-,28?/m1/s1. The molecular weight excluding hydrogens is 378 g/mol. The van der Waals surface area contributed by atoms with Gasteiger partial charge in [-0.3, -0.25) is 0 Å². The SMILES string of the molecule is CC[C@@H](NS(=O)C(C)(C)C)[C@H]1O[C@@H]2OC(C)(C)O[C@@H]2[C@H]1OCc1ccccc1. The molecule has 0 aliphatic carbocycles. The van der Waals surface area contributed by atoms with Crippen molar-refractivity contribution in [1.82, 2.24) is 4.72 Å². The second kappa shape index (κ2) is 8.50. The zero-order valence-electron chi connectivity index (χ0n) is 17.6. The van der Waals surface area contributed by atoms with Gasteiger partial charge in [-0.15, -0.1) is 0 Å². The summed E-state index contributed by atoms with van der Waals surface area (Å²) in [6, 6.07) is 9.89. The second-order valence-electron chi connectivity index (χ2n) is 8.84. The average molecular weight is 412 g/mol. The van der Waals surface area contributed by atoms with Crippen LogP contribution in [0.25, 0.3) is 0 Å². The zero-order chi connectivity index (χ0) is 20.5. The van der Waals surface area contributed by atoms with Crippen molar-refractivity contribution in [3.63, 3.8) is 0 Å². The highest BCUT2D eigenvalue weighted by molar-refractivity contribution is 7.84. The van der Waals surface area contributed by atoms with Gasteiger partial charge in [-0.05, 0) is 46.6 Å². The van der Waals surface area contributed by atoms with E-state index < -0.39 is 23.1 Å². The second-order valence-corrected chi connectivity index (χ2v) is 10.8. The third-order valence-corrected chi connectivity index (χ3v) is 6.59. The van der Waals surface area contributed by atoms with Crippen LogP contribution in [-0.4, -0.2) is 45.4 Å². The van der Waals surface area contributed by atoms with E-state index in [0.717, 1.165) is 12.0 Å². The number of fused-ring (bicyclic) bond motifs is 1. The minimum Gasteiger partial charge on any atom is -0.368 e. The summed E-state index contributed by atoms with van der Waals surface area (Å²) in [5, 5.41) is 0. The molecule has 0 amide bonds. The number of nitrogens with one attached hydrogen (secondary N) is 1. The molecule has 2 aliphatic rings. The quantitative estimate of drug-likeness (QED) is 0.746. The number of hydrogen-bond donors (Lipinski definition) is 1. The molecule has 158 valence electrons. The summed E-state index contributed by atoms with van der Waals surface area (Å²) in [5.41, 5.74) is 1.09. The van der Waals surface area contributed by atoms with Crippen LogP contribution in [-0.2, 0) is 36.5 Å². The third-order valence-electron chi connectivity index (χ3n) is 4.96. The molecule has 6 nitrogen and oxygen atoms in total. The van der Waals surface area contributed by atoms with Gasteiger partial charge in [0.1, 0.15) is 18.3 Å². The molecule has 1 unspecified atom stereocenters. The summed E-state index contributed by atoms with van der Waals surface area (Å²) in [5.74, 6) is -0.710. The summed E-state index contributed by atoms with van der Waals surface area (Å²) < 4.78 is 40.1. The lowest BCUT2D eigenvalue weighted by molar-refractivity contribution is -0.222. The van der Waals surface area contributed by atoms with E-state index in [1.54, 1.807) is 0 Å². The molecule has 1 aromatic rings. The van der Waals surface area contributed by atoms with Crippen molar-refractivity contribution >= 4 is 11.0 Å². The van der Waals surface area contributed by atoms with E-state index in [1.807, 2.05) is 65.0 Å². The molecule has 1 N–H and O–H groups in total. The van der Waals surface area contributed by atoms with Gasteiger partial charge >= 0.3 is 0 Å². The molecule has 28 heavy (non-hydrogen) atoms. The van der Waals surface area contributed by atoms with E-state index in [4.69, 9.17) is 18.9 Å². The Kier molecular flexibility index (Phi) is 6.64. The Hall–Kier alpha value is -0.830. The highest BCUT2D eigenvalue weighted by atomic mass is 32.2. The lowest BCUT2D eigenvalue weighted by Crippen LogP contribution is -2.51. The van der Waals surface area contributed by atoms with Crippen LogP contribution in [0.2, 0.25) is 0 Å². The average Bonchev–Trinajstić information content (AvgIpc) is 3.09. The number of hydrogen-bond acceptors (Lipinski definition) is 5. The summed E-state index contributed by atoms with van der Waals surface area (Å²) in [6.45, 7) is 12.1. The largest absolute Gasteiger partial charge is 0.368 e. The highest BCUT2D eigenvalue weighted by Crippen LogP contribution is 2.40. The molecule has 0 spiro atoms. The summed E-state index contributed by atoms with van der Waals surface area (Å²) in [6.07, 6.45) is -0.685. The molecule has 6 atom stereocenters. The summed E-state index contributed by atoms with van der Waals surface area (Å²) in [7, 11) is -1.21. The maximum absolute atomic E-state index is 12.7. The first-order chi connectivity index (χ1) is 13.1. The first-order valence-corrected chi connectivity index (χ1v) is 11.1. The van der Waals surface area contributed by atoms with Crippen LogP contribution < -0.4 is 4.72 Å². The van der Waals surface area contributed by atoms with Crippen LogP contribution in [0.15, 0.2) is 30.3 Å². The fourth-order valence-corrected chi connectivity index (χ4v) is 4.41. The van der Waals surface area contributed by atoms with E-state index in [2.05, 4.69) is 11.6 Å². The van der Waals surface area contributed by atoms with Crippen LogP contribution in [0, 0.1) is 0 Å². The molecule has 0 bridgehead atoms. The molecule has 2 saturated heterocycles. The number of benzene rings is 1. The smallest absolute Gasteiger partial charge is 0.190 e. The maximum Gasteiger partial charge on any atom is 0.190 e. The van der Waals surface area contributed by atoms with Gasteiger partial charge in [0.15, 0.2) is 12.1 Å². The monoisotopic (exact) mass is 411 g/mol. The van der Waals surface area contributed by atoms with Crippen molar-refractivity contribution < 1.29 is 23.2 Å². The lowest BCUT2D eigenvalue weighted by Gasteiger charge is -2.32. The van der Waals surface area contributed by atoms with Gasteiger partial charge in [-0.2, -0.15) is 0 Å². The van der Waals surface area contributed by atoms with Crippen molar-refractivity contribution in [3.05, 3.63) is 35.9 Å². The van der Waals surface area contributed by atoms with Gasteiger partial charge in [0.2, 0.25) is 0 Å². The molecular formula is C21H33NO5S. The van der Waals surface area contributed by atoms with Gasteiger partial charge in [0.25, 0.3) is 0 Å². The van der Waals surface area contributed by atoms with Crippen LogP contribution >= 0.6 is 0 Å². The van der Waals surface area contributed by atoms with Crippen LogP contribution in [0.3, 0.4) is 0 Å². The molecule has 0 saturated carbocycles. The molecule has 2 aliphatic heterocycles. The van der Waals surface area contributed by atoms with Gasteiger partial charge < -0.3 is 18.9 Å². The van der Waals surface area contributed by atoms with Gasteiger partial charge in [-0.25, -0.2) is 8.93 Å². The predicted octanol–water partition coefficient (Wildman–Crippen LogP) is 3.28. The Morgan fingerprint density at radius 1 is 1.21 bits per heavy atom. The maximum atomic E-state index is 12.7. The third kappa shape index (κ3) is 5.01. The minimum atomic E-state index is -1.21. The van der Waals surface area contributed by atoms with E-state index in [9.17, 15) is 4.21 Å². The van der Waals surface area contributed by atoms with Crippen molar-refractivity contribution in [2.45, 2.75) is 95.7 Å². The van der Waals surface area contributed by atoms with E-state index in [0.29, 0.717) is 6.61 Å². The van der Waals surface area contributed by atoms with Crippen molar-refractivity contribution in [2.24, 2.45) is 0 Å². The molecule has 1 aromatic carbocycles. The fraction of sp³-hybridized carbons (Fsp3) is 0.714. The van der Waals surface area contributed by atoms with E-state index >= 15 is 0 Å². The minimum absolute atomic E-state index is 0.137. The fourth-order valence-electron chi connectivity index (χ4n) is 3.48. The van der Waals surface area contributed by atoms with Crippen LogP contribution in [0.1, 0.15) is 53.5 Å². The molecule has 3 rings (SSSR count). The number of ether oxygens (including phenoxy) is 4. The normalized spacial score (nSPS) is 31.5. The topological polar surface area (TPSA) is 66.0 Å². The Balaban J connectivity index is 1.76. The van der Waals surface area contributed by atoms with Gasteiger partial charge in [0.05, 0.1) is 22.3 Å². The Bertz CT molecular complexity index is 675. The van der Waals surface area contributed by atoms with Crippen molar-refractivity contribution in [2.75, 3.05) is 0 Å². The summed E-state index contributed by atoms with van der Waals surface area (Å²) >= 11 is 0. The lowest BCUT2D eigenvalue weighted by atomic mass is 10.0. The molecule has 2 heterocycles. The van der Waals surface area contributed by atoms with Gasteiger partial charge in [-0.1, -0.05) is 37.3 Å². The molecule has 2 fully saturated rings. The Morgan fingerprint density at radius 3 is 2.50 bits per heavy atom. The predicted molar refractivity (Wildman–Crippen MR) is 109 cm³/mol. The summed E-state index contributed by atoms with van der Waals surface area (Å²) in [4.78, 5) is 0.